The number of hydrogen-bond acceptors (Lipinski definition) is 6. The summed E-state index contributed by atoms with van der Waals surface area (Å²) in [5.74, 6) is 5.92. The number of methoxy groups -OCH3 is 1. The molecule has 6 nitrogen and oxygen atoms in total. The highest BCUT2D eigenvalue weighted by Gasteiger charge is 2.48. The van der Waals surface area contributed by atoms with Gasteiger partial charge in [-0.1, -0.05) is 93.8 Å². The highest BCUT2D eigenvalue weighted by Crippen LogP contribution is 2.51. The standard InChI is InChI=1S/C41H50O6/c1-3-4-7-16-32-37(44)27-33(30-18-20-36(43)39(25-30)47-2)29(24-28-13-8-5-9-14-28)15-12-17-34(40(32)46)41(22-10-6-11-23-41)31-19-21-35(42)38(45)26-31/h5,8-9,13-14,18-21,25-26,29,32-34,40,42-43,45-46H,3-4,6-7,10-11,16-17,22-24,27H2,1-2H3/t29-,32-,33+,34-,40+/m1/s1. The van der Waals surface area contributed by atoms with E-state index in [0.717, 1.165) is 68.1 Å². The molecule has 0 saturated heterocycles. The van der Waals surface area contributed by atoms with E-state index in [-0.39, 0.29) is 47.2 Å². The Morgan fingerprint density at radius 2 is 1.64 bits per heavy atom. The summed E-state index contributed by atoms with van der Waals surface area (Å²) < 4.78 is 5.47. The van der Waals surface area contributed by atoms with Crippen LogP contribution in [-0.4, -0.2) is 39.4 Å². The van der Waals surface area contributed by atoms with Crippen LogP contribution in [0.5, 0.6) is 23.0 Å². The maximum absolute atomic E-state index is 14.6. The summed E-state index contributed by atoms with van der Waals surface area (Å²) in [6, 6.07) is 20.6. The van der Waals surface area contributed by atoms with Gasteiger partial charge in [0.15, 0.2) is 23.0 Å². The lowest BCUT2D eigenvalue weighted by Crippen LogP contribution is -2.48. The first-order valence-corrected chi connectivity index (χ1v) is 17.4. The molecule has 6 heteroatoms. The molecule has 2 aliphatic carbocycles. The Hall–Kier alpha value is -3.95. The van der Waals surface area contributed by atoms with Crippen molar-refractivity contribution >= 4 is 5.78 Å². The molecule has 0 spiro atoms. The van der Waals surface area contributed by atoms with Crippen molar-refractivity contribution in [3.05, 3.63) is 83.4 Å². The average molecular weight is 639 g/mol. The molecule has 3 aromatic carbocycles. The molecule has 5 rings (SSSR count). The molecule has 0 unspecified atom stereocenters. The first-order chi connectivity index (χ1) is 22.8. The number of benzene rings is 3. The lowest BCUT2D eigenvalue weighted by Gasteiger charge is -2.47. The number of ketones is 1. The second-order valence-electron chi connectivity index (χ2n) is 13.6. The third-order valence-corrected chi connectivity index (χ3v) is 10.8. The summed E-state index contributed by atoms with van der Waals surface area (Å²) in [6.07, 6.45) is 8.50. The van der Waals surface area contributed by atoms with Gasteiger partial charge in [0.25, 0.3) is 0 Å². The van der Waals surface area contributed by atoms with Gasteiger partial charge in [-0.3, -0.25) is 4.79 Å². The molecule has 0 heterocycles. The number of aliphatic hydroxyl groups is 1. The fraction of sp³-hybridized carbons (Fsp3) is 0.488. The number of carbonyl (C=O) groups is 1. The summed E-state index contributed by atoms with van der Waals surface area (Å²) in [5.41, 5.74) is 2.42. The summed E-state index contributed by atoms with van der Waals surface area (Å²) in [6.45, 7) is 2.14. The van der Waals surface area contributed by atoms with Crippen LogP contribution in [0.3, 0.4) is 0 Å². The van der Waals surface area contributed by atoms with Crippen molar-refractivity contribution in [2.24, 2.45) is 17.8 Å². The minimum Gasteiger partial charge on any atom is -0.504 e. The van der Waals surface area contributed by atoms with Gasteiger partial charge in [-0.25, -0.2) is 0 Å². The number of aromatic hydroxyl groups is 3. The molecule has 4 N–H and O–H groups in total. The van der Waals surface area contributed by atoms with Crippen LogP contribution in [0.4, 0.5) is 0 Å². The van der Waals surface area contributed by atoms with Gasteiger partial charge in [0.05, 0.1) is 13.2 Å². The van der Waals surface area contributed by atoms with Crippen LogP contribution < -0.4 is 4.74 Å². The van der Waals surface area contributed by atoms with Crippen molar-refractivity contribution in [2.45, 2.75) is 101 Å². The lowest BCUT2D eigenvalue weighted by molar-refractivity contribution is -0.130. The average Bonchev–Trinajstić information content (AvgIpc) is 3.08. The van der Waals surface area contributed by atoms with Gasteiger partial charge in [0.1, 0.15) is 5.78 Å². The number of aliphatic hydroxyl groups excluding tert-OH is 1. The molecule has 2 aliphatic rings. The normalized spacial score (nSPS) is 24.6. The molecule has 3 aromatic rings. The van der Waals surface area contributed by atoms with Crippen molar-refractivity contribution in [2.75, 3.05) is 7.11 Å². The minimum absolute atomic E-state index is 0.0388. The van der Waals surface area contributed by atoms with E-state index in [1.54, 1.807) is 12.1 Å². The Bertz CT molecular complexity index is 1550. The molecular weight excluding hydrogens is 588 g/mol. The van der Waals surface area contributed by atoms with Crippen LogP contribution >= 0.6 is 0 Å². The van der Waals surface area contributed by atoms with Crippen molar-refractivity contribution < 1.29 is 30.0 Å². The summed E-state index contributed by atoms with van der Waals surface area (Å²) >= 11 is 0. The van der Waals surface area contributed by atoms with E-state index in [1.807, 2.05) is 36.4 Å². The van der Waals surface area contributed by atoms with E-state index in [1.165, 1.54) is 13.2 Å². The Labute approximate surface area is 279 Å². The second-order valence-corrected chi connectivity index (χ2v) is 13.6. The number of rotatable bonds is 10. The fourth-order valence-corrected chi connectivity index (χ4v) is 8.20. The number of carbonyl (C=O) groups excluding carboxylic acids is 1. The smallest absolute Gasteiger partial charge is 0.160 e. The predicted octanol–water partition coefficient (Wildman–Crippen LogP) is 8.20. The summed E-state index contributed by atoms with van der Waals surface area (Å²) in [5, 5.41) is 43.6. The first-order valence-electron chi connectivity index (χ1n) is 17.4. The number of phenols is 3. The van der Waals surface area contributed by atoms with Crippen LogP contribution in [0.1, 0.15) is 100 Å². The van der Waals surface area contributed by atoms with Crippen LogP contribution in [0, 0.1) is 29.6 Å². The monoisotopic (exact) mass is 638 g/mol. The number of unbranched alkanes of at least 4 members (excludes halogenated alkanes) is 2. The van der Waals surface area contributed by atoms with Gasteiger partial charge in [0, 0.05) is 41.9 Å². The van der Waals surface area contributed by atoms with E-state index in [9.17, 15) is 25.2 Å². The van der Waals surface area contributed by atoms with Crippen LogP contribution in [0.25, 0.3) is 0 Å². The van der Waals surface area contributed by atoms with Crippen LogP contribution in [-0.2, 0) is 16.6 Å². The third kappa shape index (κ3) is 7.79. The maximum Gasteiger partial charge on any atom is 0.160 e. The van der Waals surface area contributed by atoms with Crippen molar-refractivity contribution in [3.63, 3.8) is 0 Å². The van der Waals surface area contributed by atoms with Crippen molar-refractivity contribution in [1.82, 2.24) is 0 Å². The molecule has 1 saturated carbocycles. The van der Waals surface area contributed by atoms with Gasteiger partial charge < -0.3 is 25.2 Å². The number of ether oxygens (including phenoxy) is 1. The van der Waals surface area contributed by atoms with Crippen molar-refractivity contribution in [3.8, 4) is 34.8 Å². The fourth-order valence-electron chi connectivity index (χ4n) is 8.20. The number of Topliss-reactive ketones (excluding diaryl/α,β-unsaturated/α-hetero) is 1. The van der Waals surface area contributed by atoms with Gasteiger partial charge in [-0.2, -0.15) is 0 Å². The van der Waals surface area contributed by atoms with Crippen LogP contribution in [0.15, 0.2) is 66.7 Å². The van der Waals surface area contributed by atoms with Gasteiger partial charge in [-0.15, -0.1) is 5.92 Å². The highest BCUT2D eigenvalue weighted by molar-refractivity contribution is 5.82. The largest absolute Gasteiger partial charge is 0.504 e. The predicted molar refractivity (Wildman–Crippen MR) is 185 cm³/mol. The molecular formula is C41H50O6. The Balaban J connectivity index is 1.64. The molecule has 0 aliphatic heterocycles. The van der Waals surface area contributed by atoms with Gasteiger partial charge in [-0.05, 0) is 66.6 Å². The molecule has 0 aromatic heterocycles. The zero-order valence-electron chi connectivity index (χ0n) is 27.8. The molecule has 0 amide bonds. The first kappa shape index (κ1) is 34.4. The van der Waals surface area contributed by atoms with Crippen LogP contribution in [0.2, 0.25) is 0 Å². The molecule has 47 heavy (non-hydrogen) atoms. The minimum atomic E-state index is -0.914. The maximum atomic E-state index is 14.6. The Morgan fingerprint density at radius 1 is 0.894 bits per heavy atom. The molecule has 0 bridgehead atoms. The second kappa shape index (κ2) is 15.8. The quantitative estimate of drug-likeness (QED) is 0.101. The van der Waals surface area contributed by atoms with E-state index >= 15 is 0 Å². The third-order valence-electron chi connectivity index (χ3n) is 10.8. The highest BCUT2D eigenvalue weighted by atomic mass is 16.5. The zero-order chi connectivity index (χ0) is 33.4. The molecule has 5 atom stereocenters. The van der Waals surface area contributed by atoms with Gasteiger partial charge >= 0.3 is 0 Å². The number of phenolic OH excluding ortho intramolecular Hbond substituents is 3. The Kier molecular flexibility index (Phi) is 11.5. The number of hydrogen-bond donors (Lipinski definition) is 4. The SMILES string of the molecule is CCCCC[C@@H]1C(=O)C[C@H](c2ccc(O)c(OC)c2)[C@@H](Cc2ccccc2)C#CC[C@@H](C2(c3ccc(O)c(O)c3)CCCCC2)[C@H]1O. The lowest BCUT2D eigenvalue weighted by atomic mass is 9.57. The van der Waals surface area contributed by atoms with E-state index in [2.05, 4.69) is 30.9 Å². The Morgan fingerprint density at radius 3 is 2.34 bits per heavy atom. The van der Waals surface area contributed by atoms with E-state index in [0.29, 0.717) is 25.0 Å². The van der Waals surface area contributed by atoms with Crippen molar-refractivity contribution in [1.29, 1.82) is 0 Å². The molecule has 1 fully saturated rings. The molecule has 250 valence electrons. The molecule has 0 radical (unpaired) electrons. The van der Waals surface area contributed by atoms with Gasteiger partial charge in [0.2, 0.25) is 0 Å². The topological polar surface area (TPSA) is 107 Å². The summed E-state index contributed by atoms with van der Waals surface area (Å²) in [4.78, 5) is 14.6. The van der Waals surface area contributed by atoms with E-state index in [4.69, 9.17) is 4.74 Å². The summed E-state index contributed by atoms with van der Waals surface area (Å²) in [7, 11) is 1.52. The zero-order valence-corrected chi connectivity index (χ0v) is 27.8. The van der Waals surface area contributed by atoms with E-state index < -0.39 is 17.4 Å².